The van der Waals surface area contributed by atoms with Crippen molar-refractivity contribution in [2.75, 3.05) is 5.32 Å². The van der Waals surface area contributed by atoms with Gasteiger partial charge in [0.15, 0.2) is 0 Å². The Hall–Kier alpha value is -4.27. The van der Waals surface area contributed by atoms with E-state index >= 15 is 0 Å². The zero-order valence-electron chi connectivity index (χ0n) is 16.7. The first-order valence-corrected chi connectivity index (χ1v) is 9.33. The Morgan fingerprint density at radius 2 is 1.71 bits per heavy atom. The number of aromatic nitrogens is 4. The third kappa shape index (κ3) is 4.35. The Labute approximate surface area is 176 Å². The molecule has 8 nitrogen and oxygen atoms in total. The van der Waals surface area contributed by atoms with Gasteiger partial charge in [-0.25, -0.2) is 13.9 Å². The van der Waals surface area contributed by atoms with E-state index in [2.05, 4.69) is 15.5 Å². The molecule has 0 saturated carbocycles. The summed E-state index contributed by atoms with van der Waals surface area (Å²) in [6.07, 6.45) is 4.49. The van der Waals surface area contributed by atoms with Crippen LogP contribution in [0.15, 0.2) is 67.1 Å². The largest absolute Gasteiger partial charge is 0.423 e. The average Bonchev–Trinajstić information content (AvgIpc) is 3.36. The van der Waals surface area contributed by atoms with Crippen molar-refractivity contribution >= 4 is 17.6 Å². The second-order valence-electron chi connectivity index (χ2n) is 6.80. The van der Waals surface area contributed by atoms with Gasteiger partial charge in [0.25, 0.3) is 5.91 Å². The van der Waals surface area contributed by atoms with Gasteiger partial charge in [0.1, 0.15) is 17.1 Å². The summed E-state index contributed by atoms with van der Waals surface area (Å²) in [6.45, 7) is 1.73. The van der Waals surface area contributed by atoms with Crippen LogP contribution in [0.1, 0.15) is 26.4 Å². The fraction of sp³-hybridized carbons (Fsp3) is 0.0909. The summed E-state index contributed by atoms with van der Waals surface area (Å²) >= 11 is 0. The van der Waals surface area contributed by atoms with Gasteiger partial charge in [-0.1, -0.05) is 0 Å². The first-order chi connectivity index (χ1) is 14.9. The summed E-state index contributed by atoms with van der Waals surface area (Å²) in [5, 5.41) is 10.9. The Kier molecular flexibility index (Phi) is 5.31. The molecule has 0 aliphatic rings. The van der Waals surface area contributed by atoms with E-state index in [-0.39, 0.29) is 11.7 Å². The molecule has 2 aromatic heterocycles. The Bertz CT molecular complexity index is 1240. The molecule has 1 N–H and O–H groups in total. The molecule has 0 bridgehead atoms. The second-order valence-corrected chi connectivity index (χ2v) is 6.80. The highest BCUT2D eigenvalue weighted by Gasteiger charge is 2.17. The molecule has 0 saturated heterocycles. The van der Waals surface area contributed by atoms with Gasteiger partial charge in [-0.2, -0.15) is 10.2 Å². The van der Waals surface area contributed by atoms with Crippen LogP contribution in [-0.2, 0) is 7.05 Å². The summed E-state index contributed by atoms with van der Waals surface area (Å²) in [7, 11) is 1.73. The van der Waals surface area contributed by atoms with Crippen LogP contribution < -0.4 is 10.1 Å². The number of benzene rings is 2. The fourth-order valence-electron chi connectivity index (χ4n) is 2.96. The number of amides is 1. The maximum Gasteiger partial charge on any atom is 0.347 e. The molecule has 4 rings (SSSR count). The van der Waals surface area contributed by atoms with Gasteiger partial charge in [0, 0.05) is 18.9 Å². The Morgan fingerprint density at radius 3 is 2.35 bits per heavy atom. The zero-order chi connectivity index (χ0) is 22.0. The van der Waals surface area contributed by atoms with E-state index in [0.29, 0.717) is 33.9 Å². The number of halogens is 1. The molecule has 0 radical (unpaired) electrons. The quantitative estimate of drug-likeness (QED) is 0.395. The number of anilines is 1. The van der Waals surface area contributed by atoms with Crippen molar-refractivity contribution in [3.05, 3.63) is 89.8 Å². The summed E-state index contributed by atoms with van der Waals surface area (Å²) in [5.41, 5.74) is 2.47. The number of aryl methyl sites for hydroxylation is 1. The van der Waals surface area contributed by atoms with E-state index in [9.17, 15) is 14.0 Å². The highest BCUT2D eigenvalue weighted by atomic mass is 19.1. The van der Waals surface area contributed by atoms with E-state index in [1.54, 1.807) is 56.6 Å². The van der Waals surface area contributed by atoms with Gasteiger partial charge in [-0.15, -0.1) is 0 Å². The predicted molar refractivity (Wildman–Crippen MR) is 111 cm³/mol. The second kappa shape index (κ2) is 8.23. The molecule has 0 atom stereocenters. The third-order valence-corrected chi connectivity index (χ3v) is 4.59. The van der Waals surface area contributed by atoms with Gasteiger partial charge in [0.05, 0.1) is 29.3 Å². The average molecular weight is 419 g/mol. The van der Waals surface area contributed by atoms with Crippen molar-refractivity contribution in [3.8, 4) is 11.4 Å². The molecule has 4 aromatic rings. The number of hydrogen-bond donors (Lipinski definition) is 1. The molecule has 0 aliphatic heterocycles. The van der Waals surface area contributed by atoms with Crippen molar-refractivity contribution in [3.63, 3.8) is 0 Å². The SMILES string of the molecule is Cc1c(C(=O)Oc2ccc(NC(=O)c3cnn(C)c3)cc2)cnn1-c1ccc(F)cc1. The molecule has 0 fully saturated rings. The van der Waals surface area contributed by atoms with Crippen LogP contribution in [0.2, 0.25) is 0 Å². The number of ether oxygens (including phenoxy) is 1. The minimum absolute atomic E-state index is 0.290. The summed E-state index contributed by atoms with van der Waals surface area (Å²) in [5.74, 6) is -0.897. The van der Waals surface area contributed by atoms with Gasteiger partial charge in [0.2, 0.25) is 0 Å². The molecular formula is C22H18FN5O3. The smallest absolute Gasteiger partial charge is 0.347 e. The van der Waals surface area contributed by atoms with E-state index in [0.717, 1.165) is 0 Å². The van der Waals surface area contributed by atoms with Crippen LogP contribution in [-0.4, -0.2) is 31.4 Å². The van der Waals surface area contributed by atoms with Crippen LogP contribution in [0.3, 0.4) is 0 Å². The predicted octanol–water partition coefficient (Wildman–Crippen LogP) is 3.52. The molecule has 1 amide bonds. The molecule has 0 spiro atoms. The number of carbonyl (C=O) groups is 2. The lowest BCUT2D eigenvalue weighted by Crippen LogP contribution is -2.12. The molecular weight excluding hydrogens is 401 g/mol. The number of nitrogens with one attached hydrogen (secondary N) is 1. The molecule has 156 valence electrons. The van der Waals surface area contributed by atoms with Crippen molar-refractivity contribution in [1.82, 2.24) is 19.6 Å². The highest BCUT2D eigenvalue weighted by Crippen LogP contribution is 2.20. The van der Waals surface area contributed by atoms with E-state index < -0.39 is 5.97 Å². The molecule has 0 unspecified atom stereocenters. The Morgan fingerprint density at radius 1 is 1.00 bits per heavy atom. The van der Waals surface area contributed by atoms with Gasteiger partial charge >= 0.3 is 5.97 Å². The van der Waals surface area contributed by atoms with Crippen molar-refractivity contribution in [2.45, 2.75) is 6.92 Å². The number of esters is 1. The van der Waals surface area contributed by atoms with Crippen molar-refractivity contribution in [1.29, 1.82) is 0 Å². The monoisotopic (exact) mass is 419 g/mol. The van der Waals surface area contributed by atoms with Crippen LogP contribution in [0.5, 0.6) is 5.75 Å². The van der Waals surface area contributed by atoms with Crippen LogP contribution in [0, 0.1) is 12.7 Å². The number of nitrogens with zero attached hydrogens (tertiary/aromatic N) is 4. The fourth-order valence-corrected chi connectivity index (χ4v) is 2.96. The minimum atomic E-state index is -0.571. The van der Waals surface area contributed by atoms with Gasteiger partial charge in [-0.05, 0) is 55.5 Å². The maximum absolute atomic E-state index is 13.1. The molecule has 9 heteroatoms. The number of rotatable bonds is 5. The van der Waals surface area contributed by atoms with Crippen LogP contribution in [0.25, 0.3) is 5.69 Å². The number of carbonyl (C=O) groups excluding carboxylic acids is 2. The van der Waals surface area contributed by atoms with Crippen LogP contribution >= 0.6 is 0 Å². The lowest BCUT2D eigenvalue weighted by atomic mass is 10.2. The lowest BCUT2D eigenvalue weighted by molar-refractivity contribution is 0.0733. The summed E-state index contributed by atoms with van der Waals surface area (Å²) < 4.78 is 21.6. The molecule has 2 heterocycles. The Balaban J connectivity index is 1.43. The normalized spacial score (nSPS) is 10.7. The lowest BCUT2D eigenvalue weighted by Gasteiger charge is -2.07. The van der Waals surface area contributed by atoms with E-state index in [1.807, 2.05) is 0 Å². The third-order valence-electron chi connectivity index (χ3n) is 4.59. The van der Waals surface area contributed by atoms with Gasteiger partial charge in [-0.3, -0.25) is 9.48 Å². The van der Waals surface area contributed by atoms with Crippen molar-refractivity contribution < 1.29 is 18.7 Å². The zero-order valence-corrected chi connectivity index (χ0v) is 16.7. The first-order valence-electron chi connectivity index (χ1n) is 9.33. The molecule has 31 heavy (non-hydrogen) atoms. The molecule has 2 aromatic carbocycles. The minimum Gasteiger partial charge on any atom is -0.423 e. The maximum atomic E-state index is 13.1. The summed E-state index contributed by atoms with van der Waals surface area (Å²) in [4.78, 5) is 24.7. The summed E-state index contributed by atoms with van der Waals surface area (Å²) in [6, 6.07) is 12.2. The molecule has 0 aliphatic carbocycles. The van der Waals surface area contributed by atoms with Crippen molar-refractivity contribution in [2.24, 2.45) is 7.05 Å². The van der Waals surface area contributed by atoms with Crippen LogP contribution in [0.4, 0.5) is 10.1 Å². The van der Waals surface area contributed by atoms with E-state index in [4.69, 9.17) is 4.74 Å². The standard InChI is InChI=1S/C22H18FN5O3/c1-14-20(12-25-28(14)18-7-3-16(23)4-8-18)22(30)31-19-9-5-17(6-10-19)26-21(29)15-11-24-27(2)13-15/h3-13H,1-2H3,(H,26,29). The van der Waals surface area contributed by atoms with E-state index in [1.165, 1.54) is 33.9 Å². The van der Waals surface area contributed by atoms with Gasteiger partial charge < -0.3 is 10.1 Å². The number of hydrogen-bond acceptors (Lipinski definition) is 5. The highest BCUT2D eigenvalue weighted by molar-refractivity contribution is 6.04. The first kappa shape index (κ1) is 20.0. The topological polar surface area (TPSA) is 91.0 Å².